The summed E-state index contributed by atoms with van der Waals surface area (Å²) in [6.45, 7) is 4.69. The van der Waals surface area contributed by atoms with E-state index in [4.69, 9.17) is 15.0 Å². The summed E-state index contributed by atoms with van der Waals surface area (Å²) >= 11 is 0. The Morgan fingerprint density at radius 3 is 1.63 bits per heavy atom. The van der Waals surface area contributed by atoms with Gasteiger partial charge in [-0.2, -0.15) is 0 Å². The van der Waals surface area contributed by atoms with E-state index in [1.807, 2.05) is 0 Å². The van der Waals surface area contributed by atoms with Gasteiger partial charge in [0.2, 0.25) is 0 Å². The van der Waals surface area contributed by atoms with Crippen molar-refractivity contribution in [1.82, 2.24) is 19.5 Å². The minimum Gasteiger partial charge on any atom is -0.309 e. The van der Waals surface area contributed by atoms with E-state index in [-0.39, 0.29) is 5.41 Å². The van der Waals surface area contributed by atoms with Gasteiger partial charge in [0, 0.05) is 38.6 Å². The maximum Gasteiger partial charge on any atom is 0.164 e. The molecule has 0 bridgehead atoms. The van der Waals surface area contributed by atoms with Gasteiger partial charge in [0.05, 0.1) is 11.0 Å². The van der Waals surface area contributed by atoms with Crippen LogP contribution >= 0.6 is 0 Å². The van der Waals surface area contributed by atoms with Gasteiger partial charge in [-0.15, -0.1) is 0 Å². The van der Waals surface area contributed by atoms with Gasteiger partial charge in [0.25, 0.3) is 0 Å². The Morgan fingerprint density at radius 2 is 0.917 bits per heavy atom. The quantitative estimate of drug-likeness (QED) is 0.175. The molecule has 0 saturated heterocycles. The van der Waals surface area contributed by atoms with Crippen LogP contribution in [-0.4, -0.2) is 19.5 Å². The second kappa shape index (κ2) is 13.2. The van der Waals surface area contributed by atoms with Crippen molar-refractivity contribution in [2.24, 2.45) is 0 Å². The van der Waals surface area contributed by atoms with E-state index < -0.39 is 0 Å². The minimum atomic E-state index is -0.0906. The Bertz CT molecular complexity index is 3430. The van der Waals surface area contributed by atoms with Crippen LogP contribution < -0.4 is 0 Å². The number of para-hydroxylation sites is 1. The summed E-state index contributed by atoms with van der Waals surface area (Å²) in [6.07, 6.45) is 0. The van der Waals surface area contributed by atoms with Crippen LogP contribution in [0.25, 0.3) is 105 Å². The first-order valence-electron chi connectivity index (χ1n) is 20.6. The molecule has 0 fully saturated rings. The molecule has 60 heavy (non-hydrogen) atoms. The molecule has 0 atom stereocenters. The van der Waals surface area contributed by atoms with Crippen molar-refractivity contribution in [3.05, 3.63) is 205 Å². The standard InChI is InChI=1S/C56H38N4/c1-56(2)48-21-11-10-19-44(48)45-29-27-40(34-49(45)56)39-28-30-50-47(33-39)52-46(20-12-22-51(52)60(50)43-17-4-3-5-18-43)55-58-53(41-25-23-35-13-6-8-15-37(35)31-41)57-54(59-55)42-26-24-36-14-7-9-16-38(36)32-42/h3-34H,1-2H3. The topological polar surface area (TPSA) is 43.6 Å². The zero-order valence-electron chi connectivity index (χ0n) is 33.3. The molecule has 2 heterocycles. The average molecular weight is 767 g/mol. The second-order valence-electron chi connectivity index (χ2n) is 16.5. The van der Waals surface area contributed by atoms with Crippen molar-refractivity contribution in [2.45, 2.75) is 19.3 Å². The molecule has 0 saturated carbocycles. The lowest BCUT2D eigenvalue weighted by Crippen LogP contribution is -2.14. The van der Waals surface area contributed by atoms with Crippen LogP contribution in [0.3, 0.4) is 0 Å². The van der Waals surface area contributed by atoms with E-state index in [0.29, 0.717) is 17.5 Å². The van der Waals surface area contributed by atoms with Gasteiger partial charge in [-0.05, 0) is 103 Å². The number of nitrogens with zero attached hydrogens (tertiary/aromatic N) is 4. The smallest absolute Gasteiger partial charge is 0.164 e. The molecule has 1 aliphatic carbocycles. The Hall–Kier alpha value is -7.69. The fraction of sp³-hybridized carbons (Fsp3) is 0.0536. The van der Waals surface area contributed by atoms with Crippen LogP contribution in [0, 0.1) is 0 Å². The van der Waals surface area contributed by atoms with Crippen molar-refractivity contribution in [3.63, 3.8) is 0 Å². The van der Waals surface area contributed by atoms with Crippen molar-refractivity contribution in [1.29, 1.82) is 0 Å². The van der Waals surface area contributed by atoms with Crippen LogP contribution in [0.2, 0.25) is 0 Å². The molecule has 1 aliphatic rings. The second-order valence-corrected chi connectivity index (χ2v) is 16.5. The molecule has 0 unspecified atom stereocenters. The third kappa shape index (κ3) is 5.34. The average Bonchev–Trinajstić information content (AvgIpc) is 3.76. The Kier molecular flexibility index (Phi) is 7.54. The summed E-state index contributed by atoms with van der Waals surface area (Å²) in [5, 5.41) is 6.89. The minimum absolute atomic E-state index is 0.0906. The highest BCUT2D eigenvalue weighted by molar-refractivity contribution is 6.16. The summed E-state index contributed by atoms with van der Waals surface area (Å²) in [4.78, 5) is 15.9. The molecule has 12 rings (SSSR count). The SMILES string of the molecule is CC1(C)c2ccccc2-c2ccc(-c3ccc4c(c3)c3c(-c5nc(-c6ccc7ccccc7c6)nc(-c6ccc7ccccc7c6)n5)cccc3n4-c3ccccc3)cc21. The maximum absolute atomic E-state index is 5.33. The molecule has 9 aromatic carbocycles. The number of aromatic nitrogens is 4. The van der Waals surface area contributed by atoms with E-state index in [1.54, 1.807) is 0 Å². The normalized spacial score (nSPS) is 13.0. The van der Waals surface area contributed by atoms with Gasteiger partial charge in [-0.25, -0.2) is 15.0 Å². The number of benzene rings is 9. The van der Waals surface area contributed by atoms with Gasteiger partial charge in [0.1, 0.15) is 0 Å². The summed E-state index contributed by atoms with van der Waals surface area (Å²) in [6, 6.07) is 69.7. The lowest BCUT2D eigenvalue weighted by molar-refractivity contribution is 0.660. The van der Waals surface area contributed by atoms with Gasteiger partial charge >= 0.3 is 0 Å². The summed E-state index contributed by atoms with van der Waals surface area (Å²) in [7, 11) is 0. The van der Waals surface area contributed by atoms with E-state index >= 15 is 0 Å². The lowest BCUT2D eigenvalue weighted by Gasteiger charge is -2.22. The maximum atomic E-state index is 5.33. The summed E-state index contributed by atoms with van der Waals surface area (Å²) < 4.78 is 2.37. The third-order valence-corrected chi connectivity index (χ3v) is 12.6. The monoisotopic (exact) mass is 766 g/mol. The zero-order valence-corrected chi connectivity index (χ0v) is 33.3. The molecule has 0 radical (unpaired) electrons. The molecular weight excluding hydrogens is 729 g/mol. The van der Waals surface area contributed by atoms with Gasteiger partial charge in [-0.3, -0.25) is 0 Å². The molecule has 282 valence electrons. The van der Waals surface area contributed by atoms with E-state index in [9.17, 15) is 0 Å². The van der Waals surface area contributed by atoms with Crippen molar-refractivity contribution in [2.75, 3.05) is 0 Å². The first-order valence-corrected chi connectivity index (χ1v) is 20.6. The molecule has 4 nitrogen and oxygen atoms in total. The van der Waals surface area contributed by atoms with Crippen molar-refractivity contribution >= 4 is 43.4 Å². The Balaban J connectivity index is 1.10. The molecule has 4 heteroatoms. The number of hydrogen-bond donors (Lipinski definition) is 0. The zero-order chi connectivity index (χ0) is 40.0. The number of fused-ring (bicyclic) bond motifs is 8. The molecule has 0 amide bonds. The molecule has 0 N–H and O–H groups in total. The first kappa shape index (κ1) is 34.4. The number of hydrogen-bond acceptors (Lipinski definition) is 3. The predicted molar refractivity (Wildman–Crippen MR) is 248 cm³/mol. The Morgan fingerprint density at radius 1 is 0.367 bits per heavy atom. The predicted octanol–water partition coefficient (Wildman–Crippen LogP) is 14.2. The first-order chi connectivity index (χ1) is 29.5. The highest BCUT2D eigenvalue weighted by atomic mass is 15.0. The van der Waals surface area contributed by atoms with Crippen LogP contribution in [0.1, 0.15) is 25.0 Å². The number of rotatable bonds is 5. The fourth-order valence-corrected chi connectivity index (χ4v) is 9.59. The van der Waals surface area contributed by atoms with E-state index in [0.717, 1.165) is 55.0 Å². The fourth-order valence-electron chi connectivity index (χ4n) is 9.59. The van der Waals surface area contributed by atoms with E-state index in [1.165, 1.54) is 44.2 Å². The van der Waals surface area contributed by atoms with Crippen LogP contribution in [0.15, 0.2) is 194 Å². The van der Waals surface area contributed by atoms with Gasteiger partial charge in [-0.1, -0.05) is 159 Å². The van der Waals surface area contributed by atoms with Crippen LogP contribution in [0.5, 0.6) is 0 Å². The van der Waals surface area contributed by atoms with Gasteiger partial charge in [0.15, 0.2) is 17.5 Å². The van der Waals surface area contributed by atoms with Gasteiger partial charge < -0.3 is 4.57 Å². The molecule has 2 aromatic heterocycles. The Labute approximate surface area is 348 Å². The third-order valence-electron chi connectivity index (χ3n) is 12.6. The van der Waals surface area contributed by atoms with Crippen molar-refractivity contribution < 1.29 is 0 Å². The largest absolute Gasteiger partial charge is 0.309 e. The summed E-state index contributed by atoms with van der Waals surface area (Å²) in [5.41, 5.74) is 13.8. The van der Waals surface area contributed by atoms with Crippen molar-refractivity contribution in [3.8, 4) is 62.1 Å². The van der Waals surface area contributed by atoms with Crippen LogP contribution in [-0.2, 0) is 5.41 Å². The molecule has 0 spiro atoms. The van der Waals surface area contributed by atoms with E-state index in [2.05, 4.69) is 213 Å². The lowest BCUT2D eigenvalue weighted by atomic mass is 9.81. The molecule has 11 aromatic rings. The highest BCUT2D eigenvalue weighted by Crippen LogP contribution is 2.50. The molecule has 0 aliphatic heterocycles. The van der Waals surface area contributed by atoms with Crippen LogP contribution in [0.4, 0.5) is 0 Å². The molecular formula is C56H38N4. The summed E-state index contributed by atoms with van der Waals surface area (Å²) in [5.74, 6) is 1.91. The highest BCUT2D eigenvalue weighted by Gasteiger charge is 2.35.